The number of esters is 1. The van der Waals surface area contributed by atoms with Crippen molar-refractivity contribution in [3.63, 3.8) is 0 Å². The molecule has 2 aromatic carbocycles. The number of nitro groups is 1. The second-order valence-electron chi connectivity index (χ2n) is 6.25. The number of hydrogen-bond donors (Lipinski definition) is 1. The Hall–Kier alpha value is -2.94. The minimum Gasteiger partial charge on any atom is -0.462 e. The molecule has 27 heavy (non-hydrogen) atoms. The van der Waals surface area contributed by atoms with Gasteiger partial charge in [-0.25, -0.2) is 13.2 Å². The molecule has 0 aromatic heterocycles. The molecule has 144 valence electrons. The normalized spacial score (nSPS) is 11.2. The molecule has 0 amide bonds. The van der Waals surface area contributed by atoms with Crippen LogP contribution in [0.25, 0.3) is 0 Å². The zero-order valence-electron chi connectivity index (χ0n) is 14.9. The van der Waals surface area contributed by atoms with Gasteiger partial charge in [0.15, 0.2) is 0 Å². The Morgan fingerprint density at radius 3 is 2.22 bits per heavy atom. The number of nitro benzene ring substituents is 1. The van der Waals surface area contributed by atoms with Gasteiger partial charge < -0.3 is 4.74 Å². The summed E-state index contributed by atoms with van der Waals surface area (Å²) in [7, 11) is -3.90. The maximum Gasteiger partial charge on any atom is 0.338 e. The standard InChI is InChI=1S/C18H20N2O6S/c1-13(2)11-12-26-18(21)14-3-5-15(6-4-14)19-27(24,25)17-9-7-16(8-10-17)20(22)23/h3-10,13,19H,11-12H2,1-2H3. The largest absolute Gasteiger partial charge is 0.462 e. The van der Waals surface area contributed by atoms with Crippen molar-refractivity contribution in [1.82, 2.24) is 0 Å². The molecule has 0 aliphatic heterocycles. The highest BCUT2D eigenvalue weighted by atomic mass is 32.2. The second kappa shape index (κ2) is 8.63. The molecule has 0 bridgehead atoms. The van der Waals surface area contributed by atoms with E-state index in [1.165, 1.54) is 24.3 Å². The zero-order chi connectivity index (χ0) is 20.0. The van der Waals surface area contributed by atoms with Crippen molar-refractivity contribution in [2.24, 2.45) is 5.92 Å². The van der Waals surface area contributed by atoms with Gasteiger partial charge in [-0.1, -0.05) is 13.8 Å². The number of sulfonamides is 1. The molecule has 9 heteroatoms. The molecule has 0 atom stereocenters. The number of ether oxygens (including phenoxy) is 1. The SMILES string of the molecule is CC(C)CCOC(=O)c1ccc(NS(=O)(=O)c2ccc([N+](=O)[O-])cc2)cc1. The summed E-state index contributed by atoms with van der Waals surface area (Å²) < 4.78 is 32.2. The number of anilines is 1. The van der Waals surface area contributed by atoms with E-state index in [9.17, 15) is 23.3 Å². The monoisotopic (exact) mass is 392 g/mol. The molecule has 0 fully saturated rings. The highest BCUT2D eigenvalue weighted by molar-refractivity contribution is 7.92. The van der Waals surface area contributed by atoms with Crippen molar-refractivity contribution < 1.29 is 22.9 Å². The number of non-ortho nitro benzene ring substituents is 1. The first-order chi connectivity index (χ1) is 12.7. The molecule has 8 nitrogen and oxygen atoms in total. The number of nitrogens with zero attached hydrogens (tertiary/aromatic N) is 1. The average Bonchev–Trinajstić information content (AvgIpc) is 2.61. The van der Waals surface area contributed by atoms with Crippen LogP contribution in [0, 0.1) is 16.0 Å². The first-order valence-electron chi connectivity index (χ1n) is 8.23. The molecule has 0 heterocycles. The van der Waals surface area contributed by atoms with E-state index in [0.29, 0.717) is 18.1 Å². The number of carbonyl (C=O) groups excluding carboxylic acids is 1. The zero-order valence-corrected chi connectivity index (χ0v) is 15.7. The van der Waals surface area contributed by atoms with Gasteiger partial charge in [-0.3, -0.25) is 14.8 Å². The van der Waals surface area contributed by atoms with Gasteiger partial charge in [-0.05, 0) is 48.7 Å². The van der Waals surface area contributed by atoms with Gasteiger partial charge in [0.1, 0.15) is 0 Å². The number of hydrogen-bond acceptors (Lipinski definition) is 6. The van der Waals surface area contributed by atoms with Crippen molar-refractivity contribution in [2.45, 2.75) is 25.2 Å². The molecular weight excluding hydrogens is 372 g/mol. The first kappa shape index (κ1) is 20.4. The van der Waals surface area contributed by atoms with E-state index in [4.69, 9.17) is 4.74 Å². The highest BCUT2D eigenvalue weighted by Gasteiger charge is 2.16. The molecule has 0 aliphatic rings. The van der Waals surface area contributed by atoms with E-state index in [1.807, 2.05) is 13.8 Å². The Morgan fingerprint density at radius 2 is 1.70 bits per heavy atom. The van der Waals surface area contributed by atoms with Gasteiger partial charge in [-0.2, -0.15) is 0 Å². The minimum absolute atomic E-state index is 0.106. The van der Waals surface area contributed by atoms with Crippen molar-refractivity contribution in [1.29, 1.82) is 0 Å². The summed E-state index contributed by atoms with van der Waals surface area (Å²) in [6, 6.07) is 10.4. The first-order valence-corrected chi connectivity index (χ1v) is 9.72. The number of nitrogens with one attached hydrogen (secondary N) is 1. The van der Waals surface area contributed by atoms with Gasteiger partial charge in [0, 0.05) is 17.8 Å². The topological polar surface area (TPSA) is 116 Å². The molecule has 0 aliphatic carbocycles. The summed E-state index contributed by atoms with van der Waals surface area (Å²) in [5, 5.41) is 10.6. The Balaban J connectivity index is 2.04. The summed E-state index contributed by atoms with van der Waals surface area (Å²) >= 11 is 0. The third kappa shape index (κ3) is 5.78. The maximum absolute atomic E-state index is 12.3. The molecule has 2 aromatic rings. The smallest absolute Gasteiger partial charge is 0.338 e. The van der Waals surface area contributed by atoms with Crippen LogP contribution in [0.1, 0.15) is 30.6 Å². The predicted octanol–water partition coefficient (Wildman–Crippen LogP) is 3.60. The molecule has 2 rings (SSSR count). The van der Waals surface area contributed by atoms with E-state index >= 15 is 0 Å². The molecule has 0 saturated heterocycles. The van der Waals surface area contributed by atoms with Crippen LogP contribution < -0.4 is 4.72 Å². The molecule has 0 radical (unpaired) electrons. The fraction of sp³-hybridized carbons (Fsp3) is 0.278. The van der Waals surface area contributed by atoms with Gasteiger partial charge in [0.2, 0.25) is 0 Å². The van der Waals surface area contributed by atoms with Crippen LogP contribution in [0.2, 0.25) is 0 Å². The van der Waals surface area contributed by atoms with Crippen molar-refractivity contribution in [2.75, 3.05) is 11.3 Å². The van der Waals surface area contributed by atoms with Crippen LogP contribution in [0.4, 0.5) is 11.4 Å². The third-order valence-corrected chi connectivity index (χ3v) is 5.06. The van der Waals surface area contributed by atoms with Crippen molar-refractivity contribution >= 4 is 27.4 Å². The van der Waals surface area contributed by atoms with Crippen molar-refractivity contribution in [3.05, 3.63) is 64.2 Å². The van der Waals surface area contributed by atoms with E-state index in [1.54, 1.807) is 0 Å². The van der Waals surface area contributed by atoms with Crippen LogP contribution in [-0.2, 0) is 14.8 Å². The van der Waals surface area contributed by atoms with Crippen LogP contribution in [0.15, 0.2) is 53.4 Å². The van der Waals surface area contributed by atoms with Crippen LogP contribution in [0.5, 0.6) is 0 Å². The van der Waals surface area contributed by atoms with Gasteiger partial charge in [0.25, 0.3) is 15.7 Å². The lowest BCUT2D eigenvalue weighted by molar-refractivity contribution is -0.384. The van der Waals surface area contributed by atoms with E-state index in [0.717, 1.165) is 30.7 Å². The minimum atomic E-state index is -3.90. The second-order valence-corrected chi connectivity index (χ2v) is 7.93. The lowest BCUT2D eigenvalue weighted by atomic mass is 10.1. The Morgan fingerprint density at radius 1 is 1.11 bits per heavy atom. The fourth-order valence-electron chi connectivity index (χ4n) is 2.11. The lowest BCUT2D eigenvalue weighted by Gasteiger charge is -2.09. The highest BCUT2D eigenvalue weighted by Crippen LogP contribution is 2.20. The van der Waals surface area contributed by atoms with Gasteiger partial charge >= 0.3 is 5.97 Å². The van der Waals surface area contributed by atoms with Gasteiger partial charge in [-0.15, -0.1) is 0 Å². The molecular formula is C18H20N2O6S. The lowest BCUT2D eigenvalue weighted by Crippen LogP contribution is -2.13. The number of benzene rings is 2. The van der Waals surface area contributed by atoms with E-state index in [2.05, 4.69) is 4.72 Å². The quantitative estimate of drug-likeness (QED) is 0.417. The van der Waals surface area contributed by atoms with Crippen LogP contribution in [-0.4, -0.2) is 25.9 Å². The van der Waals surface area contributed by atoms with Crippen molar-refractivity contribution in [3.8, 4) is 0 Å². The summed E-state index contributed by atoms with van der Waals surface area (Å²) in [5.41, 5.74) is 0.374. The molecule has 1 N–H and O–H groups in total. The predicted molar refractivity (Wildman–Crippen MR) is 100 cm³/mol. The molecule has 0 spiro atoms. The summed E-state index contributed by atoms with van der Waals surface area (Å²) in [6.45, 7) is 4.38. The summed E-state index contributed by atoms with van der Waals surface area (Å²) in [6.07, 6.45) is 0.763. The van der Waals surface area contributed by atoms with E-state index < -0.39 is 20.9 Å². The number of rotatable bonds is 8. The fourth-order valence-corrected chi connectivity index (χ4v) is 3.16. The number of carbonyl (C=O) groups is 1. The Labute approximate surface area is 157 Å². The Bertz CT molecular complexity index is 906. The van der Waals surface area contributed by atoms with Gasteiger partial charge in [0.05, 0.1) is 22.0 Å². The Kier molecular flexibility index (Phi) is 6.51. The average molecular weight is 392 g/mol. The summed E-state index contributed by atoms with van der Waals surface area (Å²) in [5.74, 6) is -0.0468. The maximum atomic E-state index is 12.3. The van der Waals surface area contributed by atoms with Crippen LogP contribution >= 0.6 is 0 Å². The molecule has 0 saturated carbocycles. The molecule has 0 unspecified atom stereocenters. The third-order valence-electron chi connectivity index (χ3n) is 3.66. The van der Waals surface area contributed by atoms with E-state index in [-0.39, 0.29) is 16.3 Å². The summed E-state index contributed by atoms with van der Waals surface area (Å²) in [4.78, 5) is 21.8. The van der Waals surface area contributed by atoms with Crippen LogP contribution in [0.3, 0.4) is 0 Å².